The number of pyridine rings is 1. The lowest BCUT2D eigenvalue weighted by Gasteiger charge is -2.38. The number of nitrogens with one attached hydrogen (secondary N) is 2. The maximum atomic E-state index is 13.6. The molecular formula is C30H38F5N3. The van der Waals surface area contributed by atoms with Gasteiger partial charge >= 0.3 is 6.18 Å². The minimum Gasteiger partial charge on any atom is -0.304 e. The fraction of sp³-hybridized carbons (Fsp3) is 0.600. The molecule has 4 atom stereocenters. The van der Waals surface area contributed by atoms with Crippen LogP contribution in [0.4, 0.5) is 22.0 Å². The highest BCUT2D eigenvalue weighted by Gasteiger charge is 2.47. The number of rotatable bonds is 7. The Labute approximate surface area is 222 Å². The number of fused-ring (bicyclic) bond motifs is 1. The van der Waals surface area contributed by atoms with Crippen LogP contribution in [-0.4, -0.2) is 28.8 Å². The second-order valence-electron chi connectivity index (χ2n) is 11.8. The van der Waals surface area contributed by atoms with Gasteiger partial charge in [-0.25, -0.2) is 8.78 Å². The summed E-state index contributed by atoms with van der Waals surface area (Å²) in [6, 6.07) is 7.42. The number of hydrogen-bond acceptors (Lipinski definition) is 3. The van der Waals surface area contributed by atoms with Gasteiger partial charge in [-0.15, -0.1) is 0 Å². The van der Waals surface area contributed by atoms with E-state index in [0.717, 1.165) is 55.5 Å². The number of aromatic nitrogens is 1. The summed E-state index contributed by atoms with van der Waals surface area (Å²) in [6.07, 6.45) is -1.06. The Morgan fingerprint density at radius 2 is 1.82 bits per heavy atom. The molecule has 1 fully saturated rings. The van der Waals surface area contributed by atoms with Crippen molar-refractivity contribution in [1.82, 2.24) is 10.3 Å². The molecule has 2 aliphatic rings. The lowest BCUT2D eigenvalue weighted by atomic mass is 9.67. The molecule has 38 heavy (non-hydrogen) atoms. The Morgan fingerprint density at radius 1 is 1.13 bits per heavy atom. The monoisotopic (exact) mass is 535 g/mol. The minimum absolute atomic E-state index is 0.0246. The van der Waals surface area contributed by atoms with Gasteiger partial charge in [0.15, 0.2) is 0 Å². The number of alkyl halides is 5. The average Bonchev–Trinajstić information content (AvgIpc) is 2.91. The maximum absolute atomic E-state index is 13.6. The second-order valence-corrected chi connectivity index (χ2v) is 11.8. The standard InChI is InChI=1S/C30H38F5N3/c1-16-11-24-23(12-21(16)18(3)28(31)32)17(2)22(20-7-6-8-20)13-25(27(24)36)26-10-9-19(14-37-26)15-38-29(4,5)30(33,34)35/h9-12,14,17-18,20,22,25,28,36,38H,6-8,13,15H2,1-5H3. The van der Waals surface area contributed by atoms with Crippen LogP contribution >= 0.6 is 0 Å². The molecule has 2 aliphatic carbocycles. The highest BCUT2D eigenvalue weighted by atomic mass is 19.4. The first-order valence-corrected chi connectivity index (χ1v) is 13.5. The van der Waals surface area contributed by atoms with Crippen LogP contribution in [0.2, 0.25) is 0 Å². The van der Waals surface area contributed by atoms with Crippen LogP contribution in [0.5, 0.6) is 0 Å². The fourth-order valence-corrected chi connectivity index (χ4v) is 5.90. The molecule has 2 aromatic rings. The third kappa shape index (κ3) is 5.51. The molecule has 1 heterocycles. The van der Waals surface area contributed by atoms with Crippen LogP contribution in [0.25, 0.3) is 0 Å². The van der Waals surface area contributed by atoms with Gasteiger partial charge in [0, 0.05) is 36.0 Å². The maximum Gasteiger partial charge on any atom is 0.406 e. The molecule has 8 heteroatoms. The van der Waals surface area contributed by atoms with E-state index >= 15 is 0 Å². The lowest BCUT2D eigenvalue weighted by Crippen LogP contribution is -2.51. The van der Waals surface area contributed by atoms with Gasteiger partial charge in [-0.2, -0.15) is 13.2 Å². The predicted octanol–water partition coefficient (Wildman–Crippen LogP) is 8.26. The summed E-state index contributed by atoms with van der Waals surface area (Å²) in [5.41, 5.74) is 2.94. The number of hydrogen-bond donors (Lipinski definition) is 2. The fourth-order valence-electron chi connectivity index (χ4n) is 5.90. The van der Waals surface area contributed by atoms with Gasteiger partial charge in [0.05, 0.1) is 0 Å². The summed E-state index contributed by atoms with van der Waals surface area (Å²) in [4.78, 5) is 4.62. The molecule has 4 rings (SSSR count). The van der Waals surface area contributed by atoms with Gasteiger partial charge in [0.25, 0.3) is 0 Å². The van der Waals surface area contributed by atoms with E-state index in [2.05, 4.69) is 17.2 Å². The van der Waals surface area contributed by atoms with Crippen molar-refractivity contribution >= 4 is 5.71 Å². The van der Waals surface area contributed by atoms with Crippen molar-refractivity contribution in [2.75, 3.05) is 0 Å². The average molecular weight is 536 g/mol. The molecular weight excluding hydrogens is 497 g/mol. The predicted molar refractivity (Wildman–Crippen MR) is 140 cm³/mol. The molecule has 4 unspecified atom stereocenters. The van der Waals surface area contributed by atoms with Crippen molar-refractivity contribution in [2.45, 2.75) is 103 Å². The van der Waals surface area contributed by atoms with Gasteiger partial charge in [-0.1, -0.05) is 45.2 Å². The van der Waals surface area contributed by atoms with Gasteiger partial charge in [0.2, 0.25) is 6.43 Å². The largest absolute Gasteiger partial charge is 0.406 e. The Balaban J connectivity index is 1.66. The Kier molecular flexibility index (Phi) is 8.04. The lowest BCUT2D eigenvalue weighted by molar-refractivity contribution is -0.186. The molecule has 0 saturated heterocycles. The Hall–Kier alpha value is -2.35. The van der Waals surface area contributed by atoms with E-state index in [1.165, 1.54) is 6.42 Å². The number of aryl methyl sites for hydroxylation is 1. The molecule has 3 nitrogen and oxygen atoms in total. The Bertz CT molecular complexity index is 1150. The summed E-state index contributed by atoms with van der Waals surface area (Å²) in [5.74, 6) is -0.207. The SMILES string of the molecule is Cc1cc2c(cc1C(C)C(F)F)C(C)C(C1CCC1)CC(c1ccc(CNC(C)(C)C(F)(F)F)cn1)C2=N. The van der Waals surface area contributed by atoms with Crippen molar-refractivity contribution in [2.24, 2.45) is 11.8 Å². The van der Waals surface area contributed by atoms with Crippen molar-refractivity contribution in [3.63, 3.8) is 0 Å². The molecule has 0 spiro atoms. The molecule has 0 radical (unpaired) electrons. The van der Waals surface area contributed by atoms with Crippen LogP contribution in [0.15, 0.2) is 30.5 Å². The van der Waals surface area contributed by atoms with E-state index in [9.17, 15) is 27.4 Å². The van der Waals surface area contributed by atoms with Crippen LogP contribution in [0.3, 0.4) is 0 Å². The molecule has 0 bridgehead atoms. The zero-order chi connectivity index (χ0) is 28.0. The van der Waals surface area contributed by atoms with Crippen molar-refractivity contribution in [1.29, 1.82) is 5.41 Å². The first-order valence-electron chi connectivity index (χ1n) is 13.5. The molecule has 208 valence electrons. The smallest absolute Gasteiger partial charge is 0.304 e. The van der Waals surface area contributed by atoms with E-state index in [1.54, 1.807) is 19.2 Å². The Morgan fingerprint density at radius 3 is 2.34 bits per heavy atom. The summed E-state index contributed by atoms with van der Waals surface area (Å²) in [6.45, 7) is 7.78. The molecule has 0 aliphatic heterocycles. The number of halogens is 5. The summed E-state index contributed by atoms with van der Waals surface area (Å²) in [5, 5.41) is 11.8. The number of benzene rings is 1. The van der Waals surface area contributed by atoms with E-state index in [4.69, 9.17) is 0 Å². The molecule has 1 aromatic heterocycles. The van der Waals surface area contributed by atoms with Crippen LogP contribution in [0.1, 0.15) is 105 Å². The first kappa shape index (κ1) is 28.7. The molecule has 1 saturated carbocycles. The molecule has 1 aromatic carbocycles. The van der Waals surface area contributed by atoms with Gasteiger partial charge in [-0.3, -0.25) is 10.3 Å². The minimum atomic E-state index is -4.37. The zero-order valence-corrected chi connectivity index (χ0v) is 22.7. The highest BCUT2D eigenvalue weighted by Crippen LogP contribution is 2.49. The highest BCUT2D eigenvalue weighted by molar-refractivity contribution is 6.04. The van der Waals surface area contributed by atoms with Crippen LogP contribution < -0.4 is 5.32 Å². The van der Waals surface area contributed by atoms with Crippen molar-refractivity contribution < 1.29 is 22.0 Å². The van der Waals surface area contributed by atoms with Gasteiger partial charge in [-0.05, 0) is 84.9 Å². The van der Waals surface area contributed by atoms with Gasteiger partial charge in [0.1, 0.15) is 5.54 Å². The third-order valence-electron chi connectivity index (χ3n) is 8.99. The first-order chi connectivity index (χ1) is 17.7. The van der Waals surface area contributed by atoms with Crippen molar-refractivity contribution in [3.8, 4) is 0 Å². The topological polar surface area (TPSA) is 48.8 Å². The van der Waals surface area contributed by atoms with Gasteiger partial charge < -0.3 is 5.41 Å². The summed E-state index contributed by atoms with van der Waals surface area (Å²) < 4.78 is 66.9. The van der Waals surface area contributed by atoms with Crippen LogP contribution in [0, 0.1) is 24.2 Å². The quantitative estimate of drug-likeness (QED) is 0.277. The normalized spacial score (nSPS) is 23.7. The van der Waals surface area contributed by atoms with E-state index in [0.29, 0.717) is 28.7 Å². The summed E-state index contributed by atoms with van der Waals surface area (Å²) in [7, 11) is 0. The van der Waals surface area contributed by atoms with E-state index in [1.807, 2.05) is 25.1 Å². The number of nitrogens with zero attached hydrogens (tertiary/aromatic N) is 1. The zero-order valence-electron chi connectivity index (χ0n) is 22.7. The van der Waals surface area contributed by atoms with E-state index < -0.39 is 24.1 Å². The second kappa shape index (κ2) is 10.7. The van der Waals surface area contributed by atoms with Crippen molar-refractivity contribution in [3.05, 3.63) is 64.0 Å². The van der Waals surface area contributed by atoms with Crippen LogP contribution in [-0.2, 0) is 6.54 Å². The molecule has 0 amide bonds. The third-order valence-corrected chi connectivity index (χ3v) is 8.99. The summed E-state index contributed by atoms with van der Waals surface area (Å²) >= 11 is 0. The van der Waals surface area contributed by atoms with E-state index in [-0.39, 0.29) is 18.4 Å². The molecule has 2 N–H and O–H groups in total.